The number of likely N-dealkylation sites (tertiary alicyclic amines) is 1. The van der Waals surface area contributed by atoms with Crippen LogP contribution in [0.2, 0.25) is 5.02 Å². The number of amides is 1. The van der Waals surface area contributed by atoms with Gasteiger partial charge in [-0.3, -0.25) is 0 Å². The van der Waals surface area contributed by atoms with Crippen molar-refractivity contribution in [3.05, 3.63) is 41.2 Å². The Morgan fingerprint density at radius 3 is 2.44 bits per heavy atom. The van der Waals surface area contributed by atoms with Gasteiger partial charge in [-0.1, -0.05) is 17.7 Å². The first-order valence-electron chi connectivity index (χ1n) is 10.5. The van der Waals surface area contributed by atoms with Crippen LogP contribution in [-0.2, 0) is 0 Å². The van der Waals surface area contributed by atoms with Gasteiger partial charge in [0.1, 0.15) is 23.1 Å². The molecule has 1 saturated carbocycles. The van der Waals surface area contributed by atoms with Crippen LogP contribution in [0.3, 0.4) is 0 Å². The first-order valence-corrected chi connectivity index (χ1v) is 10.9. The lowest BCUT2D eigenvalue weighted by molar-refractivity contribution is 0.0284. The first kappa shape index (κ1) is 22.4. The van der Waals surface area contributed by atoms with E-state index in [0.29, 0.717) is 41.4 Å². The van der Waals surface area contributed by atoms with E-state index in [1.165, 1.54) is 12.3 Å². The van der Waals surface area contributed by atoms with Crippen molar-refractivity contribution in [1.82, 2.24) is 14.7 Å². The van der Waals surface area contributed by atoms with E-state index in [1.54, 1.807) is 36.9 Å². The zero-order valence-electron chi connectivity index (χ0n) is 17.9. The molecule has 1 aliphatic heterocycles. The number of ether oxygens (including phenoxy) is 2. The highest BCUT2D eigenvalue weighted by Gasteiger charge is 2.44. The lowest BCUT2D eigenvalue weighted by Gasteiger charge is -2.21. The summed E-state index contributed by atoms with van der Waals surface area (Å²) in [5.41, 5.74) is -1.13. The molecule has 0 bridgehead atoms. The van der Waals surface area contributed by atoms with Gasteiger partial charge in [-0.05, 0) is 56.7 Å². The summed E-state index contributed by atoms with van der Waals surface area (Å²) in [6.45, 7) is 4.58. The molecule has 1 amide bonds. The maximum Gasteiger partial charge on any atom is 0.356 e. The first-order chi connectivity index (χ1) is 15.1. The number of halogens is 1. The Bertz CT molecular complexity index is 1000. The molecule has 2 aliphatic rings. The average molecular weight is 464 g/mol. The third-order valence-corrected chi connectivity index (χ3v) is 6.16. The number of carboxylic acid groups (broad SMARTS) is 1. The van der Waals surface area contributed by atoms with Crippen molar-refractivity contribution in [3.63, 3.8) is 0 Å². The van der Waals surface area contributed by atoms with Crippen molar-refractivity contribution in [2.75, 3.05) is 19.7 Å². The third-order valence-electron chi connectivity index (χ3n) is 5.78. The summed E-state index contributed by atoms with van der Waals surface area (Å²) in [7, 11) is 0. The van der Waals surface area contributed by atoms with E-state index in [2.05, 4.69) is 5.10 Å². The van der Waals surface area contributed by atoms with Gasteiger partial charge in [0.05, 0.1) is 11.7 Å². The number of carbonyl (C=O) groups is 2. The van der Waals surface area contributed by atoms with Crippen LogP contribution >= 0.6 is 11.6 Å². The highest BCUT2D eigenvalue weighted by Crippen LogP contribution is 2.42. The molecular weight excluding hydrogens is 438 g/mol. The SMILES string of the molecule is CC(C)(O)COc1cccc(OC2CC3CN(C(=O)n4ccc(C(=O)O)n4)CC3C2)c1Cl. The number of rotatable bonds is 6. The molecule has 2 unspecified atom stereocenters. The predicted molar refractivity (Wildman–Crippen MR) is 115 cm³/mol. The van der Waals surface area contributed by atoms with Crippen LogP contribution < -0.4 is 9.47 Å². The normalized spacial score (nSPS) is 22.6. The molecule has 0 spiro atoms. The number of carbonyl (C=O) groups excluding carboxylic acids is 1. The second kappa shape index (κ2) is 8.63. The molecular formula is C22H26ClN3O6. The van der Waals surface area contributed by atoms with Gasteiger partial charge in [-0.15, -0.1) is 0 Å². The Hall–Kier alpha value is -2.78. The lowest BCUT2D eigenvalue weighted by atomic mass is 10.0. The molecule has 0 radical (unpaired) electrons. The fourth-order valence-corrected chi connectivity index (χ4v) is 4.54. The van der Waals surface area contributed by atoms with Crippen molar-refractivity contribution in [1.29, 1.82) is 0 Å². The molecule has 32 heavy (non-hydrogen) atoms. The summed E-state index contributed by atoms with van der Waals surface area (Å²) >= 11 is 6.46. The van der Waals surface area contributed by atoms with E-state index in [-0.39, 0.29) is 24.4 Å². The van der Waals surface area contributed by atoms with Crippen LogP contribution in [0.4, 0.5) is 4.79 Å². The summed E-state index contributed by atoms with van der Waals surface area (Å²) in [6, 6.07) is 6.32. The fraction of sp³-hybridized carbons (Fsp3) is 0.500. The fourth-order valence-electron chi connectivity index (χ4n) is 4.31. The molecule has 1 aliphatic carbocycles. The summed E-state index contributed by atoms with van der Waals surface area (Å²) in [6.07, 6.45) is 2.94. The molecule has 2 fully saturated rings. The smallest absolute Gasteiger partial charge is 0.356 e. The molecule has 2 aromatic rings. The lowest BCUT2D eigenvalue weighted by Crippen LogP contribution is -2.34. The topological polar surface area (TPSA) is 114 Å². The van der Waals surface area contributed by atoms with Crippen LogP contribution in [0.5, 0.6) is 11.5 Å². The maximum atomic E-state index is 12.7. The van der Waals surface area contributed by atoms with E-state index in [0.717, 1.165) is 17.5 Å². The minimum atomic E-state index is -1.16. The number of nitrogens with zero attached hydrogens (tertiary/aromatic N) is 3. The maximum absolute atomic E-state index is 12.7. The van der Waals surface area contributed by atoms with Gasteiger partial charge < -0.3 is 24.6 Å². The quantitative estimate of drug-likeness (QED) is 0.676. The number of aliphatic hydroxyl groups is 1. The third kappa shape index (κ3) is 4.83. The summed E-state index contributed by atoms with van der Waals surface area (Å²) in [5.74, 6) is 0.429. The van der Waals surface area contributed by atoms with E-state index in [1.807, 2.05) is 0 Å². The van der Waals surface area contributed by atoms with Gasteiger partial charge in [0, 0.05) is 19.3 Å². The predicted octanol–water partition coefficient (Wildman–Crippen LogP) is 3.14. The van der Waals surface area contributed by atoms with Crippen LogP contribution in [-0.4, -0.2) is 68.3 Å². The number of hydrogen-bond donors (Lipinski definition) is 2. The number of aromatic carboxylic acids is 1. The van der Waals surface area contributed by atoms with Gasteiger partial charge in [-0.2, -0.15) is 9.78 Å². The molecule has 10 heteroatoms. The van der Waals surface area contributed by atoms with Crippen molar-refractivity contribution in [3.8, 4) is 11.5 Å². The average Bonchev–Trinajstić information content (AvgIpc) is 3.42. The Balaban J connectivity index is 1.34. The Morgan fingerprint density at radius 2 is 1.84 bits per heavy atom. The monoisotopic (exact) mass is 463 g/mol. The van der Waals surface area contributed by atoms with Gasteiger partial charge >= 0.3 is 12.0 Å². The largest absolute Gasteiger partial charge is 0.489 e. The number of aromatic nitrogens is 2. The van der Waals surface area contributed by atoms with Gasteiger partial charge in [0.2, 0.25) is 0 Å². The molecule has 2 N–H and O–H groups in total. The van der Waals surface area contributed by atoms with E-state index in [4.69, 9.17) is 26.2 Å². The molecule has 2 heterocycles. The van der Waals surface area contributed by atoms with Crippen LogP contribution in [0, 0.1) is 11.8 Å². The minimum absolute atomic E-state index is 0.0207. The molecule has 1 saturated heterocycles. The Labute approximate surface area is 190 Å². The van der Waals surface area contributed by atoms with Crippen LogP contribution in [0.1, 0.15) is 37.2 Å². The standard InChI is InChI=1S/C22H26ClN3O6/c1-22(2,30)12-31-17-4-3-5-18(19(17)23)32-15-8-13-10-25(11-14(13)9-15)21(29)26-7-6-16(24-26)20(27)28/h3-7,13-15,30H,8-12H2,1-2H3,(H,27,28). The molecule has 4 rings (SSSR count). The zero-order valence-corrected chi connectivity index (χ0v) is 18.7. The molecule has 2 atom stereocenters. The Kier molecular flexibility index (Phi) is 6.05. The van der Waals surface area contributed by atoms with Gasteiger partial charge in [0.15, 0.2) is 5.69 Å². The van der Waals surface area contributed by atoms with E-state index < -0.39 is 11.6 Å². The minimum Gasteiger partial charge on any atom is -0.489 e. The molecule has 9 nitrogen and oxygen atoms in total. The number of carboxylic acids is 1. The van der Waals surface area contributed by atoms with Crippen molar-refractivity contribution in [2.45, 2.75) is 38.4 Å². The van der Waals surface area contributed by atoms with Crippen molar-refractivity contribution >= 4 is 23.6 Å². The van der Waals surface area contributed by atoms with Gasteiger partial charge in [-0.25, -0.2) is 9.59 Å². The summed E-state index contributed by atoms with van der Waals surface area (Å²) in [4.78, 5) is 25.4. The number of benzene rings is 1. The number of fused-ring (bicyclic) bond motifs is 1. The summed E-state index contributed by atoms with van der Waals surface area (Å²) < 4.78 is 12.9. The van der Waals surface area contributed by atoms with Crippen molar-refractivity contribution < 1.29 is 29.3 Å². The highest BCUT2D eigenvalue weighted by molar-refractivity contribution is 6.33. The second-order valence-corrected chi connectivity index (χ2v) is 9.42. The van der Waals surface area contributed by atoms with E-state index in [9.17, 15) is 14.7 Å². The second-order valence-electron chi connectivity index (χ2n) is 9.04. The zero-order chi connectivity index (χ0) is 23.0. The molecule has 1 aromatic heterocycles. The van der Waals surface area contributed by atoms with Gasteiger partial charge in [0.25, 0.3) is 0 Å². The summed E-state index contributed by atoms with van der Waals surface area (Å²) in [5, 5.41) is 23.0. The molecule has 1 aromatic carbocycles. The van der Waals surface area contributed by atoms with E-state index >= 15 is 0 Å². The number of hydrogen-bond acceptors (Lipinski definition) is 6. The highest BCUT2D eigenvalue weighted by atomic mass is 35.5. The molecule has 172 valence electrons. The Morgan fingerprint density at radius 1 is 1.19 bits per heavy atom. The van der Waals surface area contributed by atoms with Crippen LogP contribution in [0.25, 0.3) is 0 Å². The van der Waals surface area contributed by atoms with Crippen LogP contribution in [0.15, 0.2) is 30.5 Å². The van der Waals surface area contributed by atoms with Crippen molar-refractivity contribution in [2.24, 2.45) is 11.8 Å².